The Balaban J connectivity index is 2.67. The van der Waals surface area contributed by atoms with E-state index in [1.54, 1.807) is 0 Å². The molecule has 1 N–H and O–H groups in total. The molecule has 1 unspecified atom stereocenters. The largest absolute Gasteiger partial charge is 0.314 e. The van der Waals surface area contributed by atoms with E-state index in [1.165, 1.54) is 24.2 Å². The summed E-state index contributed by atoms with van der Waals surface area (Å²) in [6, 6.07) is 2.86. The molecule has 1 atom stereocenters. The van der Waals surface area contributed by atoms with E-state index in [2.05, 4.69) is 62.7 Å². The quantitative estimate of drug-likeness (QED) is 0.745. The maximum Gasteiger partial charge on any atom is 0.0624 e. The van der Waals surface area contributed by atoms with Crippen molar-refractivity contribution in [1.82, 2.24) is 15.1 Å². The molecule has 0 aliphatic heterocycles. The van der Waals surface area contributed by atoms with Gasteiger partial charge in [0.15, 0.2) is 0 Å². The fourth-order valence-corrected chi connectivity index (χ4v) is 2.96. The highest BCUT2D eigenvalue weighted by Gasteiger charge is 2.23. The van der Waals surface area contributed by atoms with E-state index in [-0.39, 0.29) is 0 Å². The Hall–Kier alpha value is -0.830. The second-order valence-corrected chi connectivity index (χ2v) is 6.70. The number of aromatic nitrogens is 2. The summed E-state index contributed by atoms with van der Waals surface area (Å²) in [4.78, 5) is 0. The standard InChI is InChI=1S/C17H33N3/c1-7-10-18-14(4)12-17(5,6)13-16-11-15(8-2)19-20(16)9-3/h11,14,18H,7-10,12-13H2,1-6H3. The summed E-state index contributed by atoms with van der Waals surface area (Å²) in [5.41, 5.74) is 2.91. The van der Waals surface area contributed by atoms with Crippen molar-refractivity contribution in [2.24, 2.45) is 5.41 Å². The first-order valence-corrected chi connectivity index (χ1v) is 8.20. The maximum absolute atomic E-state index is 4.66. The van der Waals surface area contributed by atoms with E-state index in [0.29, 0.717) is 11.5 Å². The van der Waals surface area contributed by atoms with Gasteiger partial charge >= 0.3 is 0 Å². The third-order valence-electron chi connectivity index (χ3n) is 3.84. The lowest BCUT2D eigenvalue weighted by Crippen LogP contribution is -2.33. The Labute approximate surface area is 125 Å². The molecule has 3 heteroatoms. The maximum atomic E-state index is 4.66. The number of aryl methyl sites for hydroxylation is 2. The summed E-state index contributed by atoms with van der Waals surface area (Å²) in [5.74, 6) is 0. The second-order valence-electron chi connectivity index (χ2n) is 6.70. The van der Waals surface area contributed by atoms with Crippen molar-refractivity contribution in [3.63, 3.8) is 0 Å². The van der Waals surface area contributed by atoms with Crippen molar-refractivity contribution >= 4 is 0 Å². The Bertz CT molecular complexity index is 393. The Morgan fingerprint density at radius 1 is 1.30 bits per heavy atom. The average Bonchev–Trinajstić information content (AvgIpc) is 2.77. The molecule has 1 rings (SSSR count). The third kappa shape index (κ3) is 5.28. The van der Waals surface area contributed by atoms with Crippen molar-refractivity contribution in [2.75, 3.05) is 6.54 Å². The van der Waals surface area contributed by atoms with Gasteiger partial charge in [-0.2, -0.15) is 5.10 Å². The van der Waals surface area contributed by atoms with E-state index < -0.39 is 0 Å². The number of hydrogen-bond donors (Lipinski definition) is 1. The van der Waals surface area contributed by atoms with Crippen molar-refractivity contribution in [3.8, 4) is 0 Å². The molecule has 0 fully saturated rings. The Kier molecular flexibility index (Phi) is 6.74. The molecule has 0 saturated carbocycles. The van der Waals surface area contributed by atoms with Crippen LogP contribution in [0.3, 0.4) is 0 Å². The Morgan fingerprint density at radius 3 is 2.55 bits per heavy atom. The number of nitrogens with zero attached hydrogens (tertiary/aromatic N) is 2. The molecule has 0 aromatic carbocycles. The fourth-order valence-electron chi connectivity index (χ4n) is 2.96. The van der Waals surface area contributed by atoms with Gasteiger partial charge < -0.3 is 5.32 Å². The van der Waals surface area contributed by atoms with Crippen LogP contribution in [0.5, 0.6) is 0 Å². The lowest BCUT2D eigenvalue weighted by Gasteiger charge is -2.28. The number of hydrogen-bond acceptors (Lipinski definition) is 2. The summed E-state index contributed by atoms with van der Waals surface area (Å²) in [6.07, 6.45) is 4.53. The van der Waals surface area contributed by atoms with Gasteiger partial charge in [0.1, 0.15) is 0 Å². The predicted molar refractivity (Wildman–Crippen MR) is 87.1 cm³/mol. The molecule has 0 spiro atoms. The molecule has 0 bridgehead atoms. The molecule has 0 saturated heterocycles. The molecule has 20 heavy (non-hydrogen) atoms. The Morgan fingerprint density at radius 2 is 2.00 bits per heavy atom. The zero-order valence-electron chi connectivity index (χ0n) is 14.3. The van der Waals surface area contributed by atoms with Crippen LogP contribution in [0.4, 0.5) is 0 Å². The minimum Gasteiger partial charge on any atom is -0.314 e. The molecule has 0 aliphatic carbocycles. The first-order chi connectivity index (χ1) is 9.41. The molecule has 1 heterocycles. The molecule has 1 aromatic rings. The first-order valence-electron chi connectivity index (χ1n) is 8.20. The van der Waals surface area contributed by atoms with Crippen LogP contribution in [0.25, 0.3) is 0 Å². The van der Waals surface area contributed by atoms with Gasteiger partial charge in [-0.3, -0.25) is 4.68 Å². The normalized spacial score (nSPS) is 13.7. The van der Waals surface area contributed by atoms with E-state index in [9.17, 15) is 0 Å². The van der Waals surface area contributed by atoms with Crippen molar-refractivity contribution in [1.29, 1.82) is 0 Å². The summed E-state index contributed by atoms with van der Waals surface area (Å²) >= 11 is 0. The summed E-state index contributed by atoms with van der Waals surface area (Å²) in [6.45, 7) is 15.7. The van der Waals surface area contributed by atoms with E-state index in [1.807, 2.05) is 0 Å². The molecule has 3 nitrogen and oxygen atoms in total. The van der Waals surface area contributed by atoms with Crippen LogP contribution in [0.1, 0.15) is 65.8 Å². The van der Waals surface area contributed by atoms with Gasteiger partial charge in [-0.25, -0.2) is 0 Å². The molecular weight excluding hydrogens is 246 g/mol. The van der Waals surface area contributed by atoms with E-state index in [0.717, 1.165) is 25.9 Å². The summed E-state index contributed by atoms with van der Waals surface area (Å²) in [7, 11) is 0. The van der Waals surface area contributed by atoms with Gasteiger partial charge in [-0.1, -0.05) is 27.7 Å². The monoisotopic (exact) mass is 279 g/mol. The van der Waals surface area contributed by atoms with Crippen LogP contribution in [-0.4, -0.2) is 22.4 Å². The van der Waals surface area contributed by atoms with Crippen LogP contribution in [-0.2, 0) is 19.4 Å². The molecule has 0 aliphatic rings. The summed E-state index contributed by atoms with van der Waals surface area (Å²) in [5, 5.41) is 8.26. The molecule has 0 radical (unpaired) electrons. The van der Waals surface area contributed by atoms with Crippen molar-refractivity contribution in [3.05, 3.63) is 17.5 Å². The zero-order valence-corrected chi connectivity index (χ0v) is 14.3. The van der Waals surface area contributed by atoms with Crippen molar-refractivity contribution in [2.45, 2.75) is 79.8 Å². The van der Waals surface area contributed by atoms with E-state index in [4.69, 9.17) is 0 Å². The molecule has 116 valence electrons. The lowest BCUT2D eigenvalue weighted by atomic mass is 9.81. The zero-order chi connectivity index (χ0) is 15.2. The lowest BCUT2D eigenvalue weighted by molar-refractivity contribution is 0.280. The van der Waals surface area contributed by atoms with Gasteiger partial charge in [0.05, 0.1) is 5.69 Å². The smallest absolute Gasteiger partial charge is 0.0624 e. The average molecular weight is 279 g/mol. The van der Waals surface area contributed by atoms with Gasteiger partial charge in [-0.05, 0) is 57.6 Å². The second kappa shape index (κ2) is 7.82. The van der Waals surface area contributed by atoms with Gasteiger partial charge in [0.2, 0.25) is 0 Å². The van der Waals surface area contributed by atoms with E-state index >= 15 is 0 Å². The highest BCUT2D eigenvalue weighted by atomic mass is 15.3. The van der Waals surface area contributed by atoms with Gasteiger partial charge in [0, 0.05) is 18.3 Å². The SMILES string of the molecule is CCCNC(C)CC(C)(C)Cc1cc(CC)nn1CC. The third-order valence-corrected chi connectivity index (χ3v) is 3.84. The summed E-state index contributed by atoms with van der Waals surface area (Å²) < 4.78 is 2.17. The van der Waals surface area contributed by atoms with Crippen LogP contribution < -0.4 is 5.32 Å². The van der Waals surface area contributed by atoms with Crippen molar-refractivity contribution < 1.29 is 0 Å². The van der Waals surface area contributed by atoms with Crippen LogP contribution in [0.2, 0.25) is 0 Å². The van der Waals surface area contributed by atoms with Crippen LogP contribution >= 0.6 is 0 Å². The fraction of sp³-hybridized carbons (Fsp3) is 0.824. The topological polar surface area (TPSA) is 29.9 Å². The first kappa shape index (κ1) is 17.2. The van der Waals surface area contributed by atoms with Crippen LogP contribution in [0.15, 0.2) is 6.07 Å². The number of rotatable bonds is 9. The van der Waals surface area contributed by atoms with Crippen LogP contribution in [0, 0.1) is 5.41 Å². The van der Waals surface area contributed by atoms with Gasteiger partial charge in [-0.15, -0.1) is 0 Å². The molecule has 0 amide bonds. The number of nitrogens with one attached hydrogen (secondary N) is 1. The molecular formula is C17H33N3. The predicted octanol–water partition coefficient (Wildman–Crippen LogP) is 3.81. The highest BCUT2D eigenvalue weighted by molar-refractivity contribution is 5.12. The van der Waals surface area contributed by atoms with Gasteiger partial charge in [0.25, 0.3) is 0 Å². The highest BCUT2D eigenvalue weighted by Crippen LogP contribution is 2.28. The minimum absolute atomic E-state index is 0.304. The minimum atomic E-state index is 0.304. The molecule has 1 aromatic heterocycles.